The van der Waals surface area contributed by atoms with Crippen LogP contribution < -0.4 is 21.5 Å². The van der Waals surface area contributed by atoms with Crippen molar-refractivity contribution < 1.29 is 9.59 Å². The molecule has 0 radical (unpaired) electrons. The van der Waals surface area contributed by atoms with E-state index < -0.39 is 11.8 Å². The van der Waals surface area contributed by atoms with E-state index >= 15 is 0 Å². The summed E-state index contributed by atoms with van der Waals surface area (Å²) in [6.45, 7) is 2.48. The standard InChI is InChI=1S/C11H14N4O2S/c1-2-12-11(18)15-14-10(17)9(16)13-8-6-4-3-5-7-8/h3-7H,2H2,1H3,(H,13,16)(H,14,17)(H2,12,15,18). The van der Waals surface area contributed by atoms with Crippen molar-refractivity contribution in [1.29, 1.82) is 0 Å². The quantitative estimate of drug-likeness (QED) is 0.348. The van der Waals surface area contributed by atoms with Gasteiger partial charge >= 0.3 is 11.8 Å². The van der Waals surface area contributed by atoms with Crippen molar-refractivity contribution in [2.24, 2.45) is 0 Å². The Labute approximate surface area is 110 Å². The fourth-order valence-corrected chi connectivity index (χ4v) is 1.28. The van der Waals surface area contributed by atoms with Crippen LogP contribution >= 0.6 is 12.2 Å². The van der Waals surface area contributed by atoms with Crippen LogP contribution in [0.25, 0.3) is 0 Å². The molecule has 6 nitrogen and oxygen atoms in total. The fourth-order valence-electron chi connectivity index (χ4n) is 1.08. The second kappa shape index (κ2) is 7.23. The molecule has 0 aliphatic rings. The van der Waals surface area contributed by atoms with Gasteiger partial charge < -0.3 is 10.6 Å². The number of anilines is 1. The number of hydrogen-bond donors (Lipinski definition) is 4. The van der Waals surface area contributed by atoms with Crippen LogP contribution in [0.2, 0.25) is 0 Å². The number of carbonyl (C=O) groups excluding carboxylic acids is 2. The van der Waals surface area contributed by atoms with Crippen molar-refractivity contribution in [1.82, 2.24) is 16.2 Å². The number of amides is 2. The maximum absolute atomic E-state index is 11.5. The summed E-state index contributed by atoms with van der Waals surface area (Å²) in [7, 11) is 0. The van der Waals surface area contributed by atoms with Gasteiger partial charge in [0.2, 0.25) is 0 Å². The van der Waals surface area contributed by atoms with Crippen molar-refractivity contribution >= 4 is 34.8 Å². The van der Waals surface area contributed by atoms with Crippen LogP contribution in [0, 0.1) is 0 Å². The molecule has 0 bridgehead atoms. The Balaban J connectivity index is 2.38. The molecule has 0 spiro atoms. The van der Waals surface area contributed by atoms with Crippen molar-refractivity contribution in [3.8, 4) is 0 Å². The summed E-state index contributed by atoms with van der Waals surface area (Å²) in [5.74, 6) is -1.59. The van der Waals surface area contributed by atoms with Gasteiger partial charge in [0.05, 0.1) is 0 Å². The zero-order valence-electron chi connectivity index (χ0n) is 9.82. The smallest absolute Gasteiger partial charge is 0.328 e. The molecule has 0 unspecified atom stereocenters. The molecule has 7 heteroatoms. The first-order valence-electron chi connectivity index (χ1n) is 5.33. The van der Waals surface area contributed by atoms with Crippen LogP contribution in [0.15, 0.2) is 30.3 Å². The summed E-state index contributed by atoms with van der Waals surface area (Å²) in [6, 6.07) is 8.69. The highest BCUT2D eigenvalue weighted by atomic mass is 32.1. The number of thiocarbonyl (C=S) groups is 1. The van der Waals surface area contributed by atoms with Crippen molar-refractivity contribution in [2.45, 2.75) is 6.92 Å². The van der Waals surface area contributed by atoms with Gasteiger partial charge in [0.15, 0.2) is 5.11 Å². The van der Waals surface area contributed by atoms with Gasteiger partial charge in [-0.05, 0) is 31.3 Å². The van der Waals surface area contributed by atoms with Crippen LogP contribution in [0.5, 0.6) is 0 Å². The van der Waals surface area contributed by atoms with Crippen LogP contribution in [-0.4, -0.2) is 23.5 Å². The van der Waals surface area contributed by atoms with Crippen molar-refractivity contribution in [2.75, 3.05) is 11.9 Å². The van der Waals surface area contributed by atoms with Gasteiger partial charge in [-0.15, -0.1) is 0 Å². The summed E-state index contributed by atoms with van der Waals surface area (Å²) >= 11 is 4.82. The third kappa shape index (κ3) is 4.79. The third-order valence-corrected chi connectivity index (χ3v) is 2.11. The molecule has 18 heavy (non-hydrogen) atoms. The molecule has 96 valence electrons. The van der Waals surface area contributed by atoms with Gasteiger partial charge in [0.1, 0.15) is 0 Å². The predicted molar refractivity (Wildman–Crippen MR) is 72.6 cm³/mol. The SMILES string of the molecule is CCNC(=S)NNC(=O)C(=O)Nc1ccccc1. The fraction of sp³-hybridized carbons (Fsp3) is 0.182. The first kappa shape index (κ1) is 13.9. The van der Waals surface area contributed by atoms with Gasteiger partial charge in [-0.1, -0.05) is 18.2 Å². The average Bonchev–Trinajstić information content (AvgIpc) is 2.37. The lowest BCUT2D eigenvalue weighted by Crippen LogP contribution is -2.50. The molecule has 2 amide bonds. The van der Waals surface area contributed by atoms with Gasteiger partial charge in [0.25, 0.3) is 0 Å². The summed E-state index contributed by atoms with van der Waals surface area (Å²) in [5, 5.41) is 5.45. The lowest BCUT2D eigenvalue weighted by molar-refractivity contribution is -0.136. The first-order valence-corrected chi connectivity index (χ1v) is 5.74. The van der Waals surface area contributed by atoms with Gasteiger partial charge in [-0.2, -0.15) is 0 Å². The number of benzene rings is 1. The maximum atomic E-state index is 11.5. The lowest BCUT2D eigenvalue weighted by atomic mass is 10.3. The number of para-hydroxylation sites is 1. The zero-order valence-corrected chi connectivity index (χ0v) is 10.6. The number of hydrogen-bond acceptors (Lipinski definition) is 3. The van der Waals surface area contributed by atoms with Gasteiger partial charge in [0, 0.05) is 12.2 Å². The largest absolute Gasteiger partial charge is 0.362 e. The van der Waals surface area contributed by atoms with Crippen LogP contribution in [0.1, 0.15) is 6.92 Å². The van der Waals surface area contributed by atoms with Crippen molar-refractivity contribution in [3.63, 3.8) is 0 Å². The van der Waals surface area contributed by atoms with E-state index in [1.807, 2.05) is 13.0 Å². The number of hydrazine groups is 1. The minimum Gasteiger partial charge on any atom is -0.362 e. The van der Waals surface area contributed by atoms with Crippen LogP contribution in [0.3, 0.4) is 0 Å². The summed E-state index contributed by atoms with van der Waals surface area (Å²) in [4.78, 5) is 22.8. The predicted octanol–water partition coefficient (Wildman–Crippen LogP) is 0.140. The van der Waals surface area contributed by atoms with Crippen molar-refractivity contribution in [3.05, 3.63) is 30.3 Å². The topological polar surface area (TPSA) is 82.3 Å². The molecular weight excluding hydrogens is 252 g/mol. The molecule has 0 aromatic heterocycles. The highest BCUT2D eigenvalue weighted by molar-refractivity contribution is 7.80. The van der Waals surface area contributed by atoms with Gasteiger partial charge in [-0.25, -0.2) is 0 Å². The van der Waals surface area contributed by atoms with E-state index in [-0.39, 0.29) is 5.11 Å². The molecule has 1 rings (SSSR count). The summed E-state index contributed by atoms with van der Waals surface area (Å²) in [6.07, 6.45) is 0. The Morgan fingerprint density at radius 2 is 1.78 bits per heavy atom. The van der Waals surface area contributed by atoms with E-state index in [9.17, 15) is 9.59 Å². The number of nitrogens with one attached hydrogen (secondary N) is 4. The second-order valence-corrected chi connectivity index (χ2v) is 3.67. The van der Waals surface area contributed by atoms with E-state index in [4.69, 9.17) is 12.2 Å². The van der Waals surface area contributed by atoms with E-state index in [0.717, 1.165) is 0 Å². The van der Waals surface area contributed by atoms with Crippen LogP contribution in [0.4, 0.5) is 5.69 Å². The average molecular weight is 266 g/mol. The lowest BCUT2D eigenvalue weighted by Gasteiger charge is -2.10. The van der Waals surface area contributed by atoms with E-state index in [2.05, 4.69) is 21.5 Å². The Kier molecular flexibility index (Phi) is 5.59. The molecule has 4 N–H and O–H groups in total. The molecule has 1 aromatic rings. The molecule has 0 saturated heterocycles. The molecule has 0 fully saturated rings. The third-order valence-electron chi connectivity index (χ3n) is 1.86. The van der Waals surface area contributed by atoms with E-state index in [1.54, 1.807) is 24.3 Å². The summed E-state index contributed by atoms with van der Waals surface area (Å²) < 4.78 is 0. The van der Waals surface area contributed by atoms with Gasteiger partial charge in [-0.3, -0.25) is 20.4 Å². The molecule has 0 aliphatic carbocycles. The first-order chi connectivity index (χ1) is 8.63. The minimum atomic E-state index is -0.820. The number of carbonyl (C=O) groups is 2. The normalized spacial score (nSPS) is 9.17. The monoisotopic (exact) mass is 266 g/mol. The molecule has 1 aromatic carbocycles. The molecule has 0 atom stereocenters. The number of rotatable bonds is 2. The highest BCUT2D eigenvalue weighted by Crippen LogP contribution is 2.03. The Morgan fingerprint density at radius 3 is 2.39 bits per heavy atom. The Morgan fingerprint density at radius 1 is 1.11 bits per heavy atom. The minimum absolute atomic E-state index is 0.248. The summed E-state index contributed by atoms with van der Waals surface area (Å²) in [5.41, 5.74) is 5.14. The van der Waals surface area contributed by atoms with E-state index in [0.29, 0.717) is 12.2 Å². The Hall–Kier alpha value is -2.15. The van der Waals surface area contributed by atoms with E-state index in [1.165, 1.54) is 0 Å². The zero-order chi connectivity index (χ0) is 13.4. The highest BCUT2D eigenvalue weighted by Gasteiger charge is 2.13. The van der Waals surface area contributed by atoms with Crippen LogP contribution in [-0.2, 0) is 9.59 Å². The second-order valence-electron chi connectivity index (χ2n) is 3.26. The molecular formula is C11H14N4O2S. The maximum Gasteiger partial charge on any atom is 0.328 e. The molecule has 0 aliphatic heterocycles. The molecule has 0 saturated carbocycles. The Bertz CT molecular complexity index is 436. The molecule has 0 heterocycles.